The second-order valence-corrected chi connectivity index (χ2v) is 2.45. The molecule has 0 aliphatic heterocycles. The predicted octanol–water partition coefficient (Wildman–Crippen LogP) is 1.19. The topological polar surface area (TPSA) is 48.9 Å². The lowest BCUT2D eigenvalue weighted by Gasteiger charge is -1.96. The van der Waals surface area contributed by atoms with Gasteiger partial charge in [-0.25, -0.2) is 4.98 Å². The van der Waals surface area contributed by atoms with Gasteiger partial charge in [-0.15, -0.1) is 6.58 Å². The van der Waals surface area contributed by atoms with Crippen LogP contribution >= 0.6 is 0 Å². The Morgan fingerprint density at radius 1 is 1.91 bits per heavy atom. The van der Waals surface area contributed by atoms with Crippen LogP contribution in [0.15, 0.2) is 18.9 Å². The standard InChI is InChI=1S/C8H12N2O/c1-3-4-8-9-5-7(10-8)6(2)11/h3,5-6,11H,1,4H2,2H3,(H,9,10). The van der Waals surface area contributed by atoms with Crippen LogP contribution in [0.3, 0.4) is 0 Å². The number of hydrogen-bond donors (Lipinski definition) is 2. The lowest BCUT2D eigenvalue weighted by Crippen LogP contribution is -1.91. The Balaban J connectivity index is 2.73. The van der Waals surface area contributed by atoms with E-state index in [1.54, 1.807) is 19.2 Å². The molecule has 0 fully saturated rings. The maximum absolute atomic E-state index is 9.11. The van der Waals surface area contributed by atoms with E-state index >= 15 is 0 Å². The van der Waals surface area contributed by atoms with Crippen LogP contribution in [0, 0.1) is 0 Å². The fraction of sp³-hybridized carbons (Fsp3) is 0.375. The molecule has 11 heavy (non-hydrogen) atoms. The molecule has 0 aliphatic carbocycles. The van der Waals surface area contributed by atoms with Gasteiger partial charge in [-0.1, -0.05) is 6.08 Å². The van der Waals surface area contributed by atoms with Crippen LogP contribution in [0.25, 0.3) is 0 Å². The molecule has 0 aliphatic rings. The molecule has 3 heteroatoms. The van der Waals surface area contributed by atoms with E-state index in [1.807, 2.05) is 0 Å². The van der Waals surface area contributed by atoms with Crippen LogP contribution in [0.4, 0.5) is 0 Å². The molecule has 0 saturated heterocycles. The van der Waals surface area contributed by atoms with E-state index in [9.17, 15) is 0 Å². The Morgan fingerprint density at radius 3 is 3.09 bits per heavy atom. The Bertz CT molecular complexity index is 240. The van der Waals surface area contributed by atoms with E-state index in [0.717, 1.165) is 11.5 Å². The first-order valence-electron chi connectivity index (χ1n) is 3.56. The summed E-state index contributed by atoms with van der Waals surface area (Å²) in [5.74, 6) is 0.843. The van der Waals surface area contributed by atoms with Crippen LogP contribution in [-0.4, -0.2) is 15.1 Å². The van der Waals surface area contributed by atoms with Gasteiger partial charge in [-0.3, -0.25) is 0 Å². The van der Waals surface area contributed by atoms with Gasteiger partial charge in [0.1, 0.15) is 5.82 Å². The molecular weight excluding hydrogens is 140 g/mol. The fourth-order valence-electron chi connectivity index (χ4n) is 0.831. The fourth-order valence-corrected chi connectivity index (χ4v) is 0.831. The highest BCUT2D eigenvalue weighted by molar-refractivity contribution is 5.05. The molecule has 0 aromatic carbocycles. The number of aliphatic hydroxyl groups is 1. The Kier molecular flexibility index (Phi) is 2.44. The summed E-state index contributed by atoms with van der Waals surface area (Å²) >= 11 is 0. The van der Waals surface area contributed by atoms with Crippen LogP contribution < -0.4 is 0 Å². The molecule has 1 atom stereocenters. The lowest BCUT2D eigenvalue weighted by atomic mass is 10.3. The van der Waals surface area contributed by atoms with Crippen molar-refractivity contribution < 1.29 is 5.11 Å². The van der Waals surface area contributed by atoms with Crippen molar-refractivity contribution in [2.45, 2.75) is 19.4 Å². The number of aromatic amines is 1. The Morgan fingerprint density at radius 2 is 2.64 bits per heavy atom. The zero-order valence-electron chi connectivity index (χ0n) is 6.54. The van der Waals surface area contributed by atoms with Crippen molar-refractivity contribution in [3.8, 4) is 0 Å². The van der Waals surface area contributed by atoms with Crippen LogP contribution in [0.2, 0.25) is 0 Å². The third-order valence-electron chi connectivity index (χ3n) is 1.44. The molecule has 1 aromatic heterocycles. The largest absolute Gasteiger partial charge is 0.387 e. The normalized spacial score (nSPS) is 12.9. The highest BCUT2D eigenvalue weighted by Gasteiger charge is 2.03. The van der Waals surface area contributed by atoms with Crippen molar-refractivity contribution in [1.82, 2.24) is 9.97 Å². The molecule has 60 valence electrons. The summed E-state index contributed by atoms with van der Waals surface area (Å²) in [7, 11) is 0. The summed E-state index contributed by atoms with van der Waals surface area (Å²) in [4.78, 5) is 7.02. The van der Waals surface area contributed by atoms with E-state index in [0.29, 0.717) is 6.42 Å². The molecule has 1 heterocycles. The summed E-state index contributed by atoms with van der Waals surface area (Å²) in [5.41, 5.74) is 0.752. The van der Waals surface area contributed by atoms with Crippen molar-refractivity contribution in [3.05, 3.63) is 30.4 Å². The number of imidazole rings is 1. The number of aromatic nitrogens is 2. The molecule has 0 radical (unpaired) electrons. The van der Waals surface area contributed by atoms with Gasteiger partial charge in [-0.05, 0) is 6.92 Å². The number of aliphatic hydroxyl groups excluding tert-OH is 1. The van der Waals surface area contributed by atoms with E-state index in [2.05, 4.69) is 16.5 Å². The smallest absolute Gasteiger partial charge is 0.110 e. The van der Waals surface area contributed by atoms with Gasteiger partial charge in [0.25, 0.3) is 0 Å². The zero-order valence-corrected chi connectivity index (χ0v) is 6.54. The SMILES string of the molecule is C=CCc1ncc(C(C)O)[nH]1. The summed E-state index contributed by atoms with van der Waals surface area (Å²) in [5, 5.41) is 9.11. The molecule has 3 nitrogen and oxygen atoms in total. The van der Waals surface area contributed by atoms with Gasteiger partial charge < -0.3 is 10.1 Å². The van der Waals surface area contributed by atoms with E-state index < -0.39 is 6.10 Å². The molecule has 1 unspecified atom stereocenters. The van der Waals surface area contributed by atoms with Crippen molar-refractivity contribution in [2.24, 2.45) is 0 Å². The number of H-pyrrole nitrogens is 1. The molecule has 0 amide bonds. The minimum Gasteiger partial charge on any atom is -0.387 e. The van der Waals surface area contributed by atoms with E-state index in [4.69, 9.17) is 5.11 Å². The summed E-state index contributed by atoms with van der Waals surface area (Å²) in [6, 6.07) is 0. The van der Waals surface area contributed by atoms with Gasteiger partial charge in [0, 0.05) is 6.42 Å². The molecule has 0 bridgehead atoms. The third kappa shape index (κ3) is 1.91. The Labute approximate surface area is 65.8 Å². The second kappa shape index (κ2) is 3.34. The number of rotatable bonds is 3. The van der Waals surface area contributed by atoms with Gasteiger partial charge in [0.05, 0.1) is 18.0 Å². The van der Waals surface area contributed by atoms with Gasteiger partial charge >= 0.3 is 0 Å². The van der Waals surface area contributed by atoms with Gasteiger partial charge in [-0.2, -0.15) is 0 Å². The van der Waals surface area contributed by atoms with Crippen LogP contribution in [-0.2, 0) is 6.42 Å². The molecular formula is C8H12N2O. The van der Waals surface area contributed by atoms with Gasteiger partial charge in [0.15, 0.2) is 0 Å². The van der Waals surface area contributed by atoms with Crippen LogP contribution in [0.1, 0.15) is 24.5 Å². The van der Waals surface area contributed by atoms with Crippen LogP contribution in [0.5, 0.6) is 0 Å². The molecule has 0 spiro atoms. The molecule has 2 N–H and O–H groups in total. The zero-order chi connectivity index (χ0) is 8.27. The summed E-state index contributed by atoms with van der Waals surface area (Å²) in [6.45, 7) is 5.29. The second-order valence-electron chi connectivity index (χ2n) is 2.45. The van der Waals surface area contributed by atoms with E-state index in [-0.39, 0.29) is 0 Å². The lowest BCUT2D eigenvalue weighted by molar-refractivity contribution is 0.195. The number of nitrogens with one attached hydrogen (secondary N) is 1. The first-order valence-corrected chi connectivity index (χ1v) is 3.56. The van der Waals surface area contributed by atoms with Crippen molar-refractivity contribution >= 4 is 0 Å². The van der Waals surface area contributed by atoms with Crippen molar-refractivity contribution in [2.75, 3.05) is 0 Å². The predicted molar refractivity (Wildman–Crippen MR) is 43.1 cm³/mol. The van der Waals surface area contributed by atoms with Crippen molar-refractivity contribution in [1.29, 1.82) is 0 Å². The summed E-state index contributed by atoms with van der Waals surface area (Å²) in [6.07, 6.45) is 3.65. The Hall–Kier alpha value is -1.09. The molecule has 1 aromatic rings. The highest BCUT2D eigenvalue weighted by Crippen LogP contribution is 2.08. The average molecular weight is 152 g/mol. The van der Waals surface area contributed by atoms with E-state index in [1.165, 1.54) is 0 Å². The van der Waals surface area contributed by atoms with Gasteiger partial charge in [0.2, 0.25) is 0 Å². The molecule has 1 rings (SSSR count). The highest BCUT2D eigenvalue weighted by atomic mass is 16.3. The third-order valence-corrected chi connectivity index (χ3v) is 1.44. The number of nitrogens with zero attached hydrogens (tertiary/aromatic N) is 1. The number of hydrogen-bond acceptors (Lipinski definition) is 2. The number of allylic oxidation sites excluding steroid dienone is 1. The minimum atomic E-state index is -0.471. The first-order chi connectivity index (χ1) is 5.24. The average Bonchev–Trinajstić information content (AvgIpc) is 2.37. The molecule has 0 saturated carbocycles. The first kappa shape index (κ1) is 8.01. The minimum absolute atomic E-state index is 0.471. The summed E-state index contributed by atoms with van der Waals surface area (Å²) < 4.78 is 0. The van der Waals surface area contributed by atoms with Crippen molar-refractivity contribution in [3.63, 3.8) is 0 Å². The quantitative estimate of drug-likeness (QED) is 0.639. The maximum Gasteiger partial charge on any atom is 0.110 e. The maximum atomic E-state index is 9.11. The monoisotopic (exact) mass is 152 g/mol.